The zero-order valence-electron chi connectivity index (χ0n) is 31.5. The molecule has 0 aromatic rings. The minimum atomic E-state index is -4.70. The van der Waals surface area contributed by atoms with Crippen LogP contribution < -0.4 is 5.73 Å². The van der Waals surface area contributed by atoms with E-state index in [4.69, 9.17) is 24.8 Å². The van der Waals surface area contributed by atoms with Gasteiger partial charge in [-0.3, -0.25) is 23.4 Å². The summed E-state index contributed by atoms with van der Waals surface area (Å²) in [6, 6.07) is -1.52. The van der Waals surface area contributed by atoms with E-state index < -0.39 is 51.1 Å². The number of nitrogens with two attached hydrogens (primary N) is 1. The van der Waals surface area contributed by atoms with E-state index in [9.17, 15) is 23.8 Å². The lowest BCUT2D eigenvalue weighted by Crippen LogP contribution is -2.34. The quantitative estimate of drug-likeness (QED) is 0.0240. The molecule has 0 amide bonds. The van der Waals surface area contributed by atoms with Crippen molar-refractivity contribution >= 4 is 25.7 Å². The maximum atomic E-state index is 12.6. The van der Waals surface area contributed by atoms with E-state index in [1.54, 1.807) is 0 Å². The van der Waals surface area contributed by atoms with Crippen LogP contribution in [0.2, 0.25) is 0 Å². The van der Waals surface area contributed by atoms with Gasteiger partial charge >= 0.3 is 25.7 Å². The maximum Gasteiger partial charge on any atom is 0.472 e. The molecule has 0 radical (unpaired) electrons. The summed E-state index contributed by atoms with van der Waals surface area (Å²) in [7, 11) is -4.70. The van der Waals surface area contributed by atoms with Crippen molar-refractivity contribution in [2.45, 2.75) is 193 Å². The van der Waals surface area contributed by atoms with E-state index in [-0.39, 0.29) is 19.4 Å². The average molecular weight is 734 g/mol. The number of aliphatic carboxylic acids is 1. The largest absolute Gasteiger partial charge is 0.480 e. The van der Waals surface area contributed by atoms with Crippen LogP contribution in [0.3, 0.4) is 0 Å². The average Bonchev–Trinajstić information content (AvgIpc) is 3.09. The highest BCUT2D eigenvalue weighted by molar-refractivity contribution is 7.47. The van der Waals surface area contributed by atoms with Gasteiger partial charge in [-0.2, -0.15) is 0 Å². The Morgan fingerprint density at radius 2 is 1.02 bits per heavy atom. The van der Waals surface area contributed by atoms with Crippen molar-refractivity contribution in [2.24, 2.45) is 5.73 Å². The van der Waals surface area contributed by atoms with E-state index in [1.165, 1.54) is 83.5 Å². The van der Waals surface area contributed by atoms with Gasteiger partial charge in [-0.15, -0.1) is 0 Å². The van der Waals surface area contributed by atoms with Gasteiger partial charge in [0.05, 0.1) is 13.2 Å². The van der Waals surface area contributed by atoms with E-state index in [0.29, 0.717) is 12.8 Å². The van der Waals surface area contributed by atoms with Gasteiger partial charge in [0.1, 0.15) is 12.6 Å². The van der Waals surface area contributed by atoms with Crippen molar-refractivity contribution < 1.29 is 47.5 Å². The zero-order chi connectivity index (χ0) is 37.1. The van der Waals surface area contributed by atoms with Gasteiger partial charge in [-0.1, -0.05) is 148 Å². The van der Waals surface area contributed by atoms with Crippen LogP contribution in [0.25, 0.3) is 0 Å². The Hall–Kier alpha value is -1.78. The lowest BCUT2D eigenvalue weighted by atomic mass is 10.0. The van der Waals surface area contributed by atoms with E-state index in [0.717, 1.165) is 57.8 Å². The summed E-state index contributed by atoms with van der Waals surface area (Å²) in [6.45, 7) is 2.75. The number of phosphoric acid groups is 1. The van der Waals surface area contributed by atoms with Crippen LogP contribution in [0.1, 0.15) is 181 Å². The van der Waals surface area contributed by atoms with Crippen molar-refractivity contribution in [2.75, 3.05) is 19.8 Å². The van der Waals surface area contributed by atoms with Gasteiger partial charge in [0.15, 0.2) is 6.10 Å². The Morgan fingerprint density at radius 1 is 0.600 bits per heavy atom. The number of phosphoric ester groups is 1. The molecule has 0 fully saturated rings. The fraction of sp³-hybridized carbons (Fsp3) is 0.868. The Morgan fingerprint density at radius 3 is 1.52 bits per heavy atom. The second kappa shape index (κ2) is 34.3. The Balaban J connectivity index is 4.40. The molecule has 0 spiro atoms. The SMILES string of the molecule is CCCC/C=C/CCCCCCCC(=O)OC[C@H](COP(=O)(O)OC[C@H](N)C(=O)O)OC(=O)CCCCCCCCCCCCCCCCC. The number of unbranched alkanes of at least 4 members (excludes halogenated alkanes) is 21. The normalized spacial score (nSPS) is 14.0. The molecule has 0 aliphatic heterocycles. The molecular weight excluding hydrogens is 661 g/mol. The molecule has 0 rings (SSSR count). The number of hydrogen-bond acceptors (Lipinski definition) is 9. The zero-order valence-corrected chi connectivity index (χ0v) is 32.4. The lowest BCUT2D eigenvalue weighted by molar-refractivity contribution is -0.161. The number of rotatable bonds is 37. The third kappa shape index (κ3) is 33.4. The second-order valence-corrected chi connectivity index (χ2v) is 14.9. The van der Waals surface area contributed by atoms with Crippen molar-refractivity contribution in [1.29, 1.82) is 0 Å². The molecule has 0 aliphatic rings. The monoisotopic (exact) mass is 733 g/mol. The van der Waals surface area contributed by atoms with Gasteiger partial charge in [0.2, 0.25) is 0 Å². The predicted molar refractivity (Wildman–Crippen MR) is 199 cm³/mol. The van der Waals surface area contributed by atoms with Crippen LogP contribution in [-0.4, -0.2) is 59.9 Å². The molecular formula is C38H72NO10P. The summed E-state index contributed by atoms with van der Waals surface area (Å²) >= 11 is 0. The number of carboxylic acid groups (broad SMARTS) is 1. The highest BCUT2D eigenvalue weighted by Gasteiger charge is 2.28. The summed E-state index contributed by atoms with van der Waals surface area (Å²) in [5, 5.41) is 8.86. The molecule has 12 heteroatoms. The molecule has 0 saturated heterocycles. The van der Waals surface area contributed by atoms with Gasteiger partial charge < -0.3 is 25.2 Å². The van der Waals surface area contributed by atoms with Gasteiger partial charge in [0, 0.05) is 12.8 Å². The molecule has 0 saturated carbocycles. The van der Waals surface area contributed by atoms with Crippen LogP contribution in [0, 0.1) is 0 Å². The fourth-order valence-corrected chi connectivity index (χ4v) is 6.12. The number of carbonyl (C=O) groups excluding carboxylic acids is 2. The van der Waals surface area contributed by atoms with Crippen LogP contribution in [0.5, 0.6) is 0 Å². The summed E-state index contributed by atoms with van der Waals surface area (Å²) in [6.07, 6.45) is 31.4. The Labute approximate surface area is 303 Å². The number of hydrogen-bond donors (Lipinski definition) is 3. The van der Waals surface area contributed by atoms with Crippen molar-refractivity contribution in [3.8, 4) is 0 Å². The Kier molecular flexibility index (Phi) is 33.1. The van der Waals surface area contributed by atoms with Gasteiger partial charge in [-0.05, 0) is 32.1 Å². The molecule has 11 nitrogen and oxygen atoms in total. The number of carbonyl (C=O) groups is 3. The minimum Gasteiger partial charge on any atom is -0.480 e. The molecule has 3 atom stereocenters. The summed E-state index contributed by atoms with van der Waals surface area (Å²) in [4.78, 5) is 45.7. The van der Waals surface area contributed by atoms with Gasteiger partial charge in [-0.25, -0.2) is 4.57 Å². The molecule has 1 unspecified atom stereocenters. The van der Waals surface area contributed by atoms with E-state index in [1.807, 2.05) is 0 Å². The standard InChI is InChI=1S/C38H72NO10P/c1-3-5-7-9-11-13-15-16-17-18-20-22-24-26-28-30-37(41)49-34(32-47-50(44,45)48-33-35(39)38(42)43)31-46-36(40)29-27-25-23-21-19-14-12-10-8-6-4-2/h10,12,34-35H,3-9,11,13-33,39H2,1-2H3,(H,42,43)(H,44,45)/b12-10+/t34-,35+/m1/s1. The first kappa shape index (κ1) is 48.2. The number of esters is 2. The third-order valence-corrected chi connectivity index (χ3v) is 9.46. The molecule has 0 bridgehead atoms. The van der Waals surface area contributed by atoms with Crippen LogP contribution >= 0.6 is 7.82 Å². The first-order chi connectivity index (χ1) is 24.1. The van der Waals surface area contributed by atoms with Crippen molar-refractivity contribution in [1.82, 2.24) is 0 Å². The van der Waals surface area contributed by atoms with Crippen LogP contribution in [-0.2, 0) is 37.5 Å². The summed E-state index contributed by atoms with van der Waals surface area (Å²) in [5.74, 6) is -2.38. The van der Waals surface area contributed by atoms with Gasteiger partial charge in [0.25, 0.3) is 0 Å². The van der Waals surface area contributed by atoms with Crippen LogP contribution in [0.15, 0.2) is 12.2 Å². The molecule has 0 aromatic heterocycles. The summed E-state index contributed by atoms with van der Waals surface area (Å²) in [5.41, 5.74) is 5.32. The molecule has 0 aliphatic carbocycles. The highest BCUT2D eigenvalue weighted by atomic mass is 31.2. The van der Waals surface area contributed by atoms with Crippen molar-refractivity contribution in [3.05, 3.63) is 12.2 Å². The van der Waals surface area contributed by atoms with Crippen LogP contribution in [0.4, 0.5) is 0 Å². The highest BCUT2D eigenvalue weighted by Crippen LogP contribution is 2.43. The van der Waals surface area contributed by atoms with Crippen molar-refractivity contribution in [3.63, 3.8) is 0 Å². The molecule has 4 N–H and O–H groups in total. The molecule has 0 heterocycles. The molecule has 294 valence electrons. The third-order valence-electron chi connectivity index (χ3n) is 8.51. The topological polar surface area (TPSA) is 172 Å². The van der Waals surface area contributed by atoms with E-state index >= 15 is 0 Å². The second-order valence-electron chi connectivity index (χ2n) is 13.4. The summed E-state index contributed by atoms with van der Waals surface area (Å²) < 4.78 is 32.6. The van der Waals surface area contributed by atoms with E-state index in [2.05, 4.69) is 30.5 Å². The minimum absolute atomic E-state index is 0.165. The number of ether oxygens (including phenoxy) is 2. The first-order valence-corrected chi connectivity index (χ1v) is 21.2. The first-order valence-electron chi connectivity index (χ1n) is 19.7. The fourth-order valence-electron chi connectivity index (χ4n) is 5.34. The predicted octanol–water partition coefficient (Wildman–Crippen LogP) is 9.73. The molecule has 0 aromatic carbocycles. The number of allylic oxidation sites excluding steroid dienone is 2. The maximum absolute atomic E-state index is 12.6. The lowest BCUT2D eigenvalue weighted by Gasteiger charge is -2.20. The molecule has 50 heavy (non-hydrogen) atoms. The number of carboxylic acids is 1. The Bertz CT molecular complexity index is 916. The smallest absolute Gasteiger partial charge is 0.472 e.